The first kappa shape index (κ1) is 12.8. The molecule has 1 aromatic rings. The van der Waals surface area contributed by atoms with Crippen molar-refractivity contribution in [2.45, 2.75) is 18.9 Å². The van der Waals surface area contributed by atoms with Crippen molar-refractivity contribution in [3.63, 3.8) is 0 Å². The van der Waals surface area contributed by atoms with Gasteiger partial charge in [-0.2, -0.15) is 0 Å². The second-order valence-corrected chi connectivity index (χ2v) is 5.43. The molecule has 1 amide bonds. The fraction of sp³-hybridized carbons (Fsp3) is 0.500. The number of hydrogen-bond acceptors (Lipinski definition) is 3. The molecule has 1 aromatic carbocycles. The maximum Gasteiger partial charge on any atom is 0.265 e. The Morgan fingerprint density at radius 1 is 1.26 bits per heavy atom. The third-order valence-corrected chi connectivity index (χ3v) is 4.26. The number of piperidine rings is 3. The molecular weight excluding hydrogens is 264 g/mol. The Morgan fingerprint density at radius 2 is 1.95 bits per heavy atom. The number of fused-ring (bicyclic) bond motifs is 3. The predicted octanol–water partition coefficient (Wildman–Crippen LogP) is 2.04. The van der Waals surface area contributed by atoms with Gasteiger partial charge in [0.1, 0.15) is 11.9 Å². The van der Waals surface area contributed by atoms with Gasteiger partial charge in [0.2, 0.25) is 0 Å². The van der Waals surface area contributed by atoms with Gasteiger partial charge in [-0.3, -0.25) is 14.5 Å². The lowest BCUT2D eigenvalue weighted by molar-refractivity contribution is -0.00776. The molecule has 3 aliphatic rings. The Balaban J connectivity index is 1.65. The number of ether oxygens (including phenoxy) is 1. The van der Waals surface area contributed by atoms with Gasteiger partial charge in [-0.05, 0) is 56.1 Å². The lowest BCUT2D eigenvalue weighted by Crippen LogP contribution is -2.52. The second kappa shape index (κ2) is 5.39. The van der Waals surface area contributed by atoms with Crippen molar-refractivity contribution in [3.05, 3.63) is 29.8 Å². The Morgan fingerprint density at radius 3 is 2.47 bits per heavy atom. The minimum atomic E-state index is -0.295. The van der Waals surface area contributed by atoms with E-state index in [9.17, 15) is 4.79 Å². The molecule has 5 heteroatoms. The summed E-state index contributed by atoms with van der Waals surface area (Å²) in [6, 6.07) is 7.13. The number of rotatable bonds is 3. The van der Waals surface area contributed by atoms with Crippen LogP contribution in [-0.4, -0.2) is 36.5 Å². The largest absolute Gasteiger partial charge is 0.489 e. The average Bonchev–Trinajstić information content (AvgIpc) is 2.48. The maximum absolute atomic E-state index is 11.3. The molecule has 0 spiro atoms. The van der Waals surface area contributed by atoms with Gasteiger partial charge in [0.15, 0.2) is 0 Å². The predicted molar refractivity (Wildman–Crippen MR) is 73.3 cm³/mol. The van der Waals surface area contributed by atoms with Gasteiger partial charge in [0.25, 0.3) is 5.91 Å². The van der Waals surface area contributed by atoms with Crippen LogP contribution in [0.25, 0.3) is 0 Å². The molecule has 19 heavy (non-hydrogen) atoms. The lowest BCUT2D eigenvalue weighted by atomic mass is 9.86. The van der Waals surface area contributed by atoms with Crippen LogP contribution >= 0.6 is 11.8 Å². The summed E-state index contributed by atoms with van der Waals surface area (Å²) in [5, 5.41) is 0. The molecule has 0 radical (unpaired) electrons. The molecule has 1 N–H and O–H groups in total. The zero-order valence-corrected chi connectivity index (χ0v) is 11.4. The molecule has 3 aliphatic heterocycles. The zero-order chi connectivity index (χ0) is 13.2. The molecule has 0 aromatic heterocycles. The van der Waals surface area contributed by atoms with Gasteiger partial charge in [-0.1, -0.05) is 0 Å². The second-order valence-electron chi connectivity index (χ2n) is 5.24. The summed E-state index contributed by atoms with van der Waals surface area (Å²) in [6.45, 7) is 3.44. The number of nitrogens with one attached hydrogen (secondary N) is 1. The van der Waals surface area contributed by atoms with Gasteiger partial charge in [0.05, 0.1) is 0 Å². The monoisotopic (exact) mass is 280 g/mol. The Kier molecular flexibility index (Phi) is 3.62. The summed E-state index contributed by atoms with van der Waals surface area (Å²) >= 11 is 5.29. The highest BCUT2D eigenvalue weighted by Crippen LogP contribution is 2.30. The summed E-state index contributed by atoms with van der Waals surface area (Å²) < 4.78 is 6.05. The van der Waals surface area contributed by atoms with E-state index in [0.29, 0.717) is 11.5 Å². The van der Waals surface area contributed by atoms with Crippen LogP contribution < -0.4 is 9.57 Å². The zero-order valence-electron chi connectivity index (χ0n) is 10.6. The van der Waals surface area contributed by atoms with E-state index in [0.717, 1.165) is 12.3 Å². The highest BCUT2D eigenvalue weighted by molar-refractivity contribution is 6.24. The number of carbonyl (C=O) groups is 1. The third-order valence-electron chi connectivity index (χ3n) is 4.09. The Labute approximate surface area is 117 Å². The van der Waals surface area contributed by atoms with Crippen LogP contribution in [0.15, 0.2) is 24.3 Å². The lowest BCUT2D eigenvalue weighted by Gasteiger charge is -2.44. The van der Waals surface area contributed by atoms with Gasteiger partial charge >= 0.3 is 0 Å². The van der Waals surface area contributed by atoms with Gasteiger partial charge in [0, 0.05) is 23.9 Å². The molecule has 3 heterocycles. The number of hydrogen-bond donors (Lipinski definition) is 1. The normalized spacial score (nSPS) is 29.0. The van der Waals surface area contributed by atoms with Crippen molar-refractivity contribution in [1.29, 1.82) is 0 Å². The summed E-state index contributed by atoms with van der Waals surface area (Å²) in [6.07, 6.45) is 2.75. The van der Waals surface area contributed by atoms with Gasteiger partial charge in [-0.25, -0.2) is 0 Å². The average molecular weight is 281 g/mol. The van der Waals surface area contributed by atoms with Gasteiger partial charge in [-0.15, -0.1) is 0 Å². The van der Waals surface area contributed by atoms with Crippen molar-refractivity contribution in [2.24, 2.45) is 5.92 Å². The molecule has 0 saturated carbocycles. The highest BCUT2D eigenvalue weighted by Gasteiger charge is 2.35. The van der Waals surface area contributed by atoms with Crippen LogP contribution in [0.5, 0.6) is 5.75 Å². The molecular formula is C14H17ClN2O2. The molecule has 1 atom stereocenters. The van der Waals surface area contributed by atoms with E-state index in [1.807, 2.05) is 12.1 Å². The van der Waals surface area contributed by atoms with Crippen LogP contribution in [0.4, 0.5) is 0 Å². The Hall–Kier alpha value is -1.26. The van der Waals surface area contributed by atoms with Crippen molar-refractivity contribution in [1.82, 2.24) is 9.74 Å². The van der Waals surface area contributed by atoms with E-state index < -0.39 is 0 Å². The third kappa shape index (κ3) is 2.69. The van der Waals surface area contributed by atoms with Crippen LogP contribution in [0.1, 0.15) is 23.2 Å². The molecule has 102 valence electrons. The number of carbonyl (C=O) groups excluding carboxylic acids is 1. The van der Waals surface area contributed by atoms with E-state index in [-0.39, 0.29) is 12.0 Å². The summed E-state index contributed by atoms with van der Waals surface area (Å²) in [7, 11) is 0. The quantitative estimate of drug-likeness (QED) is 0.862. The van der Waals surface area contributed by atoms with Crippen LogP contribution in [0, 0.1) is 5.92 Å². The number of nitrogens with zero attached hydrogens (tertiary/aromatic N) is 1. The van der Waals surface area contributed by atoms with E-state index in [1.54, 1.807) is 12.1 Å². The number of amides is 1. The van der Waals surface area contributed by atoms with Gasteiger partial charge < -0.3 is 4.74 Å². The maximum atomic E-state index is 11.3. The van der Waals surface area contributed by atoms with Crippen LogP contribution in [0.2, 0.25) is 0 Å². The van der Waals surface area contributed by atoms with Crippen molar-refractivity contribution >= 4 is 17.7 Å². The molecule has 4 nitrogen and oxygen atoms in total. The fourth-order valence-corrected chi connectivity index (χ4v) is 3.07. The molecule has 2 bridgehead atoms. The minimum absolute atomic E-state index is 0.287. The SMILES string of the molecule is O=C(NCl)c1ccc(OC2CN3CCC2CC3)cc1. The van der Waals surface area contributed by atoms with Crippen molar-refractivity contribution in [3.8, 4) is 5.75 Å². The minimum Gasteiger partial charge on any atom is -0.489 e. The number of halogens is 1. The summed E-state index contributed by atoms with van der Waals surface area (Å²) in [4.78, 5) is 15.9. The first-order valence-electron chi connectivity index (χ1n) is 6.66. The highest BCUT2D eigenvalue weighted by atomic mass is 35.5. The molecule has 4 rings (SSSR count). The summed E-state index contributed by atoms with van der Waals surface area (Å²) in [5.74, 6) is 1.21. The molecule has 3 saturated heterocycles. The first-order valence-corrected chi connectivity index (χ1v) is 7.04. The molecule has 3 fully saturated rings. The molecule has 0 aliphatic carbocycles. The fourth-order valence-electron chi connectivity index (χ4n) is 2.96. The smallest absolute Gasteiger partial charge is 0.265 e. The van der Waals surface area contributed by atoms with Crippen molar-refractivity contribution in [2.75, 3.05) is 19.6 Å². The van der Waals surface area contributed by atoms with Crippen molar-refractivity contribution < 1.29 is 9.53 Å². The summed E-state index contributed by atoms with van der Waals surface area (Å²) in [5.41, 5.74) is 0.538. The van der Waals surface area contributed by atoms with Crippen LogP contribution in [-0.2, 0) is 0 Å². The van der Waals surface area contributed by atoms with E-state index in [1.165, 1.54) is 25.9 Å². The van der Waals surface area contributed by atoms with Crippen LogP contribution in [0.3, 0.4) is 0 Å². The molecule has 1 unspecified atom stereocenters. The van der Waals surface area contributed by atoms with E-state index >= 15 is 0 Å². The first-order chi connectivity index (χ1) is 9.26. The van der Waals surface area contributed by atoms with E-state index in [4.69, 9.17) is 16.5 Å². The topological polar surface area (TPSA) is 41.6 Å². The Bertz CT molecular complexity index is 455. The number of benzene rings is 1. The van der Waals surface area contributed by atoms with E-state index in [2.05, 4.69) is 9.74 Å². The standard InChI is InChI=1S/C14H17ClN2O2/c15-16-14(18)11-1-3-12(4-2-11)19-13-9-17-7-5-10(13)6-8-17/h1-4,10,13H,5-9H2,(H,16,18).